The van der Waals surface area contributed by atoms with Gasteiger partial charge in [-0.15, -0.1) is 0 Å². The van der Waals surface area contributed by atoms with Gasteiger partial charge in [0.25, 0.3) is 0 Å². The molecule has 0 fully saturated rings. The molecule has 0 saturated carbocycles. The lowest BCUT2D eigenvalue weighted by Gasteiger charge is -2.19. The molecule has 3 aromatic rings. The van der Waals surface area contributed by atoms with E-state index >= 15 is 0 Å². The minimum absolute atomic E-state index is 0.157. The molecule has 28 heavy (non-hydrogen) atoms. The Labute approximate surface area is 168 Å². The highest BCUT2D eigenvalue weighted by molar-refractivity contribution is 7.85. The van der Waals surface area contributed by atoms with Crippen molar-refractivity contribution in [3.05, 3.63) is 101 Å². The molecular formula is C23H23NO3S. The fourth-order valence-electron chi connectivity index (χ4n) is 2.68. The van der Waals surface area contributed by atoms with Crippen molar-refractivity contribution in [2.45, 2.75) is 30.7 Å². The number of hydrogen-bond acceptors (Lipinski definition) is 3. The first kappa shape index (κ1) is 19.8. The average molecular weight is 394 g/mol. The predicted molar refractivity (Wildman–Crippen MR) is 111 cm³/mol. The molecule has 0 aromatic heterocycles. The van der Waals surface area contributed by atoms with Crippen molar-refractivity contribution in [1.82, 2.24) is 5.32 Å². The average Bonchev–Trinajstić information content (AvgIpc) is 2.72. The minimum atomic E-state index is -1.47. The first-order chi connectivity index (χ1) is 13.5. The van der Waals surface area contributed by atoms with Crippen molar-refractivity contribution in [1.29, 1.82) is 0 Å². The summed E-state index contributed by atoms with van der Waals surface area (Å²) in [5, 5.41) is 2.07. The van der Waals surface area contributed by atoms with Crippen molar-refractivity contribution >= 4 is 16.9 Å². The molecular weight excluding hydrogens is 370 g/mol. The van der Waals surface area contributed by atoms with E-state index in [0.717, 1.165) is 22.3 Å². The molecule has 0 aliphatic rings. The van der Waals surface area contributed by atoms with Crippen LogP contribution in [0.4, 0.5) is 4.79 Å². The molecule has 144 valence electrons. The van der Waals surface area contributed by atoms with E-state index in [-0.39, 0.29) is 6.61 Å². The lowest BCUT2D eigenvalue weighted by molar-refractivity contribution is 0.138. The number of ether oxygens (including phenoxy) is 1. The Morgan fingerprint density at radius 3 is 2.07 bits per heavy atom. The van der Waals surface area contributed by atoms with E-state index in [2.05, 4.69) is 5.32 Å². The highest BCUT2D eigenvalue weighted by Crippen LogP contribution is 2.24. The van der Waals surface area contributed by atoms with Gasteiger partial charge < -0.3 is 10.1 Å². The zero-order valence-corrected chi connectivity index (χ0v) is 16.7. The molecule has 1 N–H and O–H groups in total. The highest BCUT2D eigenvalue weighted by atomic mass is 32.2. The van der Waals surface area contributed by atoms with Crippen LogP contribution in [0.2, 0.25) is 0 Å². The Balaban J connectivity index is 1.77. The number of nitrogens with one attached hydrogen (secondary N) is 1. The third-order valence-electron chi connectivity index (χ3n) is 4.31. The number of aryl methyl sites for hydroxylation is 2. The van der Waals surface area contributed by atoms with Crippen LogP contribution in [-0.2, 0) is 22.1 Å². The van der Waals surface area contributed by atoms with E-state index in [1.807, 2.05) is 92.7 Å². The lowest BCUT2D eigenvalue weighted by Crippen LogP contribution is -2.31. The van der Waals surface area contributed by atoms with E-state index in [1.54, 1.807) is 0 Å². The maximum Gasteiger partial charge on any atom is 0.408 e. The quantitative estimate of drug-likeness (QED) is 0.639. The van der Waals surface area contributed by atoms with Crippen molar-refractivity contribution in [3.8, 4) is 0 Å². The zero-order valence-electron chi connectivity index (χ0n) is 15.9. The van der Waals surface area contributed by atoms with E-state index in [4.69, 9.17) is 4.74 Å². The van der Waals surface area contributed by atoms with Gasteiger partial charge in [-0.05, 0) is 37.1 Å². The van der Waals surface area contributed by atoms with Gasteiger partial charge in [-0.3, -0.25) is 4.21 Å². The summed E-state index contributed by atoms with van der Waals surface area (Å²) >= 11 is 0. The molecule has 2 unspecified atom stereocenters. The summed E-state index contributed by atoms with van der Waals surface area (Å²) < 4.78 is 18.5. The molecule has 2 atom stereocenters. The van der Waals surface area contributed by atoms with Gasteiger partial charge >= 0.3 is 6.09 Å². The van der Waals surface area contributed by atoms with Crippen molar-refractivity contribution < 1.29 is 13.7 Å². The van der Waals surface area contributed by atoms with Crippen LogP contribution in [0, 0.1) is 13.8 Å². The summed E-state index contributed by atoms with van der Waals surface area (Å²) in [7, 11) is -1.47. The van der Waals surface area contributed by atoms with Crippen LogP contribution in [0.1, 0.15) is 27.6 Å². The maximum absolute atomic E-state index is 13.2. The third kappa shape index (κ3) is 5.30. The van der Waals surface area contributed by atoms with Gasteiger partial charge in [0.1, 0.15) is 12.0 Å². The van der Waals surface area contributed by atoms with Crippen LogP contribution in [-0.4, -0.2) is 10.3 Å². The number of carbonyl (C=O) groups is 1. The SMILES string of the molecule is Cc1ccc(C(NC(=O)OCc2ccccc2)S(=O)c2ccc(C)cc2)cc1. The molecule has 3 rings (SSSR count). The molecule has 0 aliphatic carbocycles. The Kier molecular flexibility index (Phi) is 6.61. The smallest absolute Gasteiger partial charge is 0.408 e. The molecule has 0 radical (unpaired) electrons. The molecule has 0 saturated heterocycles. The second kappa shape index (κ2) is 9.33. The largest absolute Gasteiger partial charge is 0.445 e. The lowest BCUT2D eigenvalue weighted by atomic mass is 10.1. The fraction of sp³-hybridized carbons (Fsp3) is 0.174. The van der Waals surface area contributed by atoms with Crippen LogP contribution in [0.5, 0.6) is 0 Å². The summed E-state index contributed by atoms with van der Waals surface area (Å²) in [5.74, 6) is 0. The Hall–Kier alpha value is -2.92. The maximum atomic E-state index is 13.2. The summed E-state index contributed by atoms with van der Waals surface area (Å²) in [6.07, 6.45) is -0.602. The standard InChI is InChI=1S/C23H23NO3S/c1-17-8-12-20(13-9-17)22(28(26)21-14-10-18(2)11-15-21)24-23(25)27-16-19-6-4-3-5-7-19/h3-15,22H,16H2,1-2H3,(H,24,25). The second-order valence-electron chi connectivity index (χ2n) is 6.61. The third-order valence-corrected chi connectivity index (χ3v) is 5.86. The minimum Gasteiger partial charge on any atom is -0.445 e. The molecule has 0 aliphatic heterocycles. The van der Waals surface area contributed by atoms with Gasteiger partial charge in [0.05, 0.1) is 10.8 Å². The molecule has 0 heterocycles. The van der Waals surface area contributed by atoms with Gasteiger partial charge in [-0.2, -0.15) is 0 Å². The summed E-state index contributed by atoms with van der Waals surface area (Å²) in [5.41, 5.74) is 3.84. The van der Waals surface area contributed by atoms with E-state index < -0.39 is 22.3 Å². The molecule has 4 nitrogen and oxygen atoms in total. The van der Waals surface area contributed by atoms with E-state index in [1.165, 1.54) is 0 Å². The number of hydrogen-bond donors (Lipinski definition) is 1. The Morgan fingerprint density at radius 2 is 1.46 bits per heavy atom. The molecule has 5 heteroatoms. The van der Waals surface area contributed by atoms with Crippen molar-refractivity contribution in [3.63, 3.8) is 0 Å². The first-order valence-corrected chi connectivity index (χ1v) is 10.3. The molecule has 0 bridgehead atoms. The molecule has 1 amide bonds. The first-order valence-electron chi connectivity index (χ1n) is 9.04. The Morgan fingerprint density at radius 1 is 0.893 bits per heavy atom. The fourth-order valence-corrected chi connectivity index (χ4v) is 3.97. The normalized spacial score (nSPS) is 12.8. The predicted octanol–water partition coefficient (Wildman–Crippen LogP) is 5.04. The summed E-state index contributed by atoms with van der Waals surface area (Å²) in [6.45, 7) is 4.12. The number of rotatable bonds is 6. The summed E-state index contributed by atoms with van der Waals surface area (Å²) in [4.78, 5) is 13.0. The van der Waals surface area contributed by atoms with Crippen LogP contribution in [0.25, 0.3) is 0 Å². The topological polar surface area (TPSA) is 55.4 Å². The van der Waals surface area contributed by atoms with Gasteiger partial charge in [0.2, 0.25) is 0 Å². The van der Waals surface area contributed by atoms with Crippen LogP contribution in [0.3, 0.4) is 0 Å². The van der Waals surface area contributed by atoms with Crippen molar-refractivity contribution in [2.75, 3.05) is 0 Å². The van der Waals surface area contributed by atoms with Gasteiger partial charge in [0, 0.05) is 4.90 Å². The van der Waals surface area contributed by atoms with Crippen LogP contribution in [0.15, 0.2) is 83.8 Å². The monoisotopic (exact) mass is 393 g/mol. The Bertz CT molecular complexity index is 938. The summed E-state index contributed by atoms with van der Waals surface area (Å²) in [6, 6.07) is 24.5. The zero-order chi connectivity index (χ0) is 19.9. The van der Waals surface area contributed by atoms with Gasteiger partial charge in [-0.25, -0.2) is 4.79 Å². The van der Waals surface area contributed by atoms with Gasteiger partial charge in [0.15, 0.2) is 0 Å². The molecule has 3 aromatic carbocycles. The number of amides is 1. The number of benzene rings is 3. The van der Waals surface area contributed by atoms with E-state index in [9.17, 15) is 9.00 Å². The number of carbonyl (C=O) groups excluding carboxylic acids is 1. The highest BCUT2D eigenvalue weighted by Gasteiger charge is 2.23. The van der Waals surface area contributed by atoms with Crippen LogP contribution >= 0.6 is 0 Å². The van der Waals surface area contributed by atoms with Crippen molar-refractivity contribution in [2.24, 2.45) is 0 Å². The van der Waals surface area contributed by atoms with Crippen LogP contribution < -0.4 is 5.32 Å². The van der Waals surface area contributed by atoms with E-state index in [0.29, 0.717) is 4.90 Å². The second-order valence-corrected chi connectivity index (χ2v) is 8.14. The number of alkyl carbamates (subject to hydrolysis) is 1. The molecule has 0 spiro atoms. The van der Waals surface area contributed by atoms with Gasteiger partial charge in [-0.1, -0.05) is 77.9 Å².